The van der Waals surface area contributed by atoms with Crippen LogP contribution < -0.4 is 10.6 Å². The van der Waals surface area contributed by atoms with Crippen molar-refractivity contribution in [2.45, 2.75) is 12.0 Å². The zero-order valence-electron chi connectivity index (χ0n) is 11.3. The fourth-order valence-electron chi connectivity index (χ4n) is 3.24. The molecule has 3 heterocycles. The van der Waals surface area contributed by atoms with Gasteiger partial charge in [-0.3, -0.25) is 0 Å². The Kier molecular flexibility index (Phi) is 3.25. The van der Waals surface area contributed by atoms with Crippen molar-refractivity contribution >= 4 is 38.9 Å². The van der Waals surface area contributed by atoms with E-state index in [-0.39, 0.29) is 5.54 Å². The number of fused-ring (bicyclic) bond motifs is 1. The average Bonchev–Trinajstić information content (AvgIpc) is 3.20. The van der Waals surface area contributed by atoms with Gasteiger partial charge in [-0.05, 0) is 53.4 Å². The number of benzene rings is 1. The van der Waals surface area contributed by atoms with Crippen LogP contribution in [0.5, 0.6) is 0 Å². The summed E-state index contributed by atoms with van der Waals surface area (Å²) in [5.74, 6) is 1.83. The highest BCUT2D eigenvalue weighted by Crippen LogP contribution is 2.38. The first-order chi connectivity index (χ1) is 9.86. The van der Waals surface area contributed by atoms with Crippen LogP contribution in [0.4, 0.5) is 5.69 Å². The van der Waals surface area contributed by atoms with Crippen molar-refractivity contribution in [2.24, 2.45) is 5.92 Å². The van der Waals surface area contributed by atoms with Gasteiger partial charge in [0.15, 0.2) is 0 Å². The van der Waals surface area contributed by atoms with Crippen LogP contribution in [0.25, 0.3) is 10.1 Å². The highest BCUT2D eigenvalue weighted by Gasteiger charge is 2.40. The molecule has 2 aliphatic rings. The third-order valence-corrected chi connectivity index (χ3v) is 6.27. The summed E-state index contributed by atoms with van der Waals surface area (Å²) in [6.45, 7) is 2.27. The Labute approximate surface area is 127 Å². The van der Waals surface area contributed by atoms with Crippen molar-refractivity contribution in [2.75, 3.05) is 24.2 Å². The van der Waals surface area contributed by atoms with Gasteiger partial charge in [-0.15, -0.1) is 23.1 Å². The second kappa shape index (κ2) is 5.10. The molecule has 2 aliphatic heterocycles. The molecule has 0 amide bonds. The highest BCUT2D eigenvalue weighted by atomic mass is 32.2. The highest BCUT2D eigenvalue weighted by molar-refractivity contribution is 8.02. The van der Waals surface area contributed by atoms with Crippen molar-refractivity contribution in [1.29, 1.82) is 0 Å². The van der Waals surface area contributed by atoms with Gasteiger partial charge < -0.3 is 10.6 Å². The molecule has 1 aromatic carbocycles. The zero-order chi connectivity index (χ0) is 13.4. The predicted molar refractivity (Wildman–Crippen MR) is 90.8 cm³/mol. The van der Waals surface area contributed by atoms with Crippen LogP contribution in [-0.4, -0.2) is 24.4 Å². The molecule has 2 aromatic rings. The smallest absolute Gasteiger partial charge is 0.0698 e. The fraction of sp³-hybridized carbons (Fsp3) is 0.375. The van der Waals surface area contributed by atoms with Crippen LogP contribution in [0, 0.1) is 5.92 Å². The number of hydrogen-bond donors (Lipinski definition) is 2. The van der Waals surface area contributed by atoms with Crippen LogP contribution >= 0.6 is 23.1 Å². The lowest BCUT2D eigenvalue weighted by Crippen LogP contribution is -2.45. The molecule has 0 spiro atoms. The molecule has 20 heavy (non-hydrogen) atoms. The molecule has 2 nitrogen and oxygen atoms in total. The summed E-state index contributed by atoms with van der Waals surface area (Å²) in [5.41, 5.74) is 1.37. The van der Waals surface area contributed by atoms with Crippen LogP contribution in [0.1, 0.15) is 6.42 Å². The monoisotopic (exact) mass is 302 g/mol. The van der Waals surface area contributed by atoms with Crippen LogP contribution in [0.3, 0.4) is 0 Å². The van der Waals surface area contributed by atoms with Crippen molar-refractivity contribution < 1.29 is 0 Å². The summed E-state index contributed by atoms with van der Waals surface area (Å²) < 4.78 is 1.36. The van der Waals surface area contributed by atoms with Crippen LogP contribution in [-0.2, 0) is 0 Å². The normalized spacial score (nSPS) is 29.3. The van der Waals surface area contributed by atoms with Gasteiger partial charge in [-0.25, -0.2) is 0 Å². The van der Waals surface area contributed by atoms with E-state index < -0.39 is 0 Å². The molecule has 0 saturated carbocycles. The molecule has 1 saturated heterocycles. The van der Waals surface area contributed by atoms with Crippen LogP contribution in [0.2, 0.25) is 0 Å². The van der Waals surface area contributed by atoms with E-state index in [0.29, 0.717) is 5.92 Å². The van der Waals surface area contributed by atoms with Gasteiger partial charge in [0.2, 0.25) is 0 Å². The first-order valence-electron chi connectivity index (χ1n) is 7.11. The lowest BCUT2D eigenvalue weighted by atomic mass is 9.84. The maximum atomic E-state index is 3.84. The molecule has 104 valence electrons. The number of rotatable bonds is 3. The lowest BCUT2D eigenvalue weighted by molar-refractivity contribution is 0.427. The Morgan fingerprint density at radius 1 is 1.30 bits per heavy atom. The summed E-state index contributed by atoms with van der Waals surface area (Å²) in [5, 5.41) is 13.1. The van der Waals surface area contributed by atoms with Crippen molar-refractivity contribution in [3.05, 3.63) is 41.1 Å². The second-order valence-corrected chi connectivity index (χ2v) is 7.48. The third-order valence-electron chi connectivity index (χ3n) is 4.40. The average molecular weight is 302 g/mol. The Hall–Kier alpha value is -0.970. The standard InChI is InChI=1S/C16H18N2S2/c1-2-15-12(4-7-20-15)9-14(1)18-16(5-8-19-11-16)13-3-6-17-10-13/h1-2,4-5,7-9,13,17-18H,3,6,10-11H2/t13?,16-/m0/s1. The summed E-state index contributed by atoms with van der Waals surface area (Å²) in [6, 6.07) is 8.94. The van der Waals surface area contributed by atoms with Crippen LogP contribution in [0.15, 0.2) is 41.1 Å². The Morgan fingerprint density at radius 2 is 2.30 bits per heavy atom. The van der Waals surface area contributed by atoms with E-state index in [9.17, 15) is 0 Å². The Morgan fingerprint density at radius 3 is 3.10 bits per heavy atom. The molecule has 1 fully saturated rings. The summed E-state index contributed by atoms with van der Waals surface area (Å²) >= 11 is 3.73. The lowest BCUT2D eigenvalue weighted by Gasteiger charge is -2.35. The molecular weight excluding hydrogens is 284 g/mol. The molecule has 1 unspecified atom stereocenters. The number of thioether (sulfide) groups is 1. The molecule has 4 rings (SSSR count). The number of nitrogens with one attached hydrogen (secondary N) is 2. The molecule has 0 radical (unpaired) electrons. The van der Waals surface area contributed by atoms with E-state index in [1.807, 2.05) is 23.1 Å². The predicted octanol–water partition coefficient (Wildman–Crippen LogP) is 3.92. The molecule has 0 bridgehead atoms. The third kappa shape index (κ3) is 2.16. The molecular formula is C16H18N2S2. The second-order valence-electron chi connectivity index (χ2n) is 5.64. The van der Waals surface area contributed by atoms with E-state index in [1.54, 1.807) is 0 Å². The maximum Gasteiger partial charge on any atom is 0.0698 e. The number of thiophene rings is 1. The first-order valence-corrected chi connectivity index (χ1v) is 9.04. The first kappa shape index (κ1) is 12.7. The number of hydrogen-bond acceptors (Lipinski definition) is 4. The van der Waals surface area contributed by atoms with Gasteiger partial charge in [-0.2, -0.15) is 0 Å². The van der Waals surface area contributed by atoms with Gasteiger partial charge in [-0.1, -0.05) is 6.08 Å². The van der Waals surface area contributed by atoms with E-state index >= 15 is 0 Å². The summed E-state index contributed by atoms with van der Waals surface area (Å²) in [6.07, 6.45) is 3.64. The van der Waals surface area contributed by atoms with Crippen molar-refractivity contribution in [1.82, 2.24) is 5.32 Å². The van der Waals surface area contributed by atoms with Crippen molar-refractivity contribution in [3.63, 3.8) is 0 Å². The van der Waals surface area contributed by atoms with Gasteiger partial charge in [0.25, 0.3) is 0 Å². The fourth-order valence-corrected chi connectivity index (χ4v) is 5.13. The Balaban J connectivity index is 1.65. The molecule has 1 aromatic heterocycles. The van der Waals surface area contributed by atoms with E-state index in [1.165, 1.54) is 22.2 Å². The van der Waals surface area contributed by atoms with Crippen molar-refractivity contribution in [3.8, 4) is 0 Å². The summed E-state index contributed by atoms with van der Waals surface area (Å²) in [4.78, 5) is 0. The molecule has 2 atom stereocenters. The molecule has 0 aliphatic carbocycles. The van der Waals surface area contributed by atoms with E-state index in [4.69, 9.17) is 0 Å². The van der Waals surface area contributed by atoms with Gasteiger partial charge in [0, 0.05) is 28.6 Å². The number of anilines is 1. The minimum absolute atomic E-state index is 0.123. The van der Waals surface area contributed by atoms with Gasteiger partial charge in [0.1, 0.15) is 0 Å². The summed E-state index contributed by atoms with van der Waals surface area (Å²) in [7, 11) is 0. The molecule has 4 heteroatoms. The van der Waals surface area contributed by atoms with Gasteiger partial charge in [0.05, 0.1) is 5.54 Å². The SMILES string of the molecule is C1=C[C@@](Nc2ccc3sccc3c2)(C2CCNC2)CS1. The minimum Gasteiger partial charge on any atom is -0.375 e. The topological polar surface area (TPSA) is 24.1 Å². The zero-order valence-corrected chi connectivity index (χ0v) is 12.9. The quantitative estimate of drug-likeness (QED) is 0.898. The van der Waals surface area contributed by atoms with E-state index in [2.05, 4.69) is 51.8 Å². The largest absolute Gasteiger partial charge is 0.375 e. The maximum absolute atomic E-state index is 3.84. The minimum atomic E-state index is 0.123. The molecule has 2 N–H and O–H groups in total. The Bertz CT molecular complexity index is 643. The van der Waals surface area contributed by atoms with Gasteiger partial charge >= 0.3 is 0 Å². The van der Waals surface area contributed by atoms with E-state index in [0.717, 1.165) is 18.8 Å².